The molecule has 0 radical (unpaired) electrons. The molecule has 0 saturated carbocycles. The maximum absolute atomic E-state index is 12.3. The second-order valence-electron chi connectivity index (χ2n) is 6.21. The van der Waals surface area contributed by atoms with Crippen molar-refractivity contribution in [1.82, 2.24) is 4.98 Å². The van der Waals surface area contributed by atoms with E-state index in [0.717, 1.165) is 5.39 Å². The van der Waals surface area contributed by atoms with Crippen molar-refractivity contribution in [2.45, 2.75) is 18.9 Å². The van der Waals surface area contributed by atoms with E-state index in [9.17, 15) is 14.9 Å². The summed E-state index contributed by atoms with van der Waals surface area (Å²) in [6, 6.07) is 16.1. The number of hydrogen-bond acceptors (Lipinski definition) is 6. The average Bonchev–Trinajstić information content (AvgIpc) is 2.72. The van der Waals surface area contributed by atoms with Crippen LogP contribution >= 0.6 is 11.8 Å². The highest BCUT2D eigenvalue weighted by atomic mass is 32.2. The Labute approximate surface area is 172 Å². The zero-order valence-corrected chi connectivity index (χ0v) is 16.9. The molecule has 0 aliphatic carbocycles. The van der Waals surface area contributed by atoms with Crippen LogP contribution in [0.25, 0.3) is 10.9 Å². The van der Waals surface area contributed by atoms with Gasteiger partial charge in [0.15, 0.2) is 5.78 Å². The molecule has 0 aliphatic heterocycles. The van der Waals surface area contributed by atoms with Gasteiger partial charge in [-0.1, -0.05) is 11.8 Å². The van der Waals surface area contributed by atoms with E-state index in [1.54, 1.807) is 30.3 Å². The molecule has 146 valence electrons. The minimum Gasteiger partial charge on any atom is -0.494 e. The molecule has 0 saturated heterocycles. The average molecular weight is 405 g/mol. The topological polar surface area (TPSA) is 92.1 Å². The van der Waals surface area contributed by atoms with E-state index in [0.29, 0.717) is 39.7 Å². The fourth-order valence-electron chi connectivity index (χ4n) is 2.70. The zero-order valence-electron chi connectivity index (χ0n) is 16.1. The summed E-state index contributed by atoms with van der Waals surface area (Å²) in [6.45, 7) is 3.95. The van der Waals surface area contributed by atoms with Gasteiger partial charge in [0.2, 0.25) is 5.91 Å². The lowest BCUT2D eigenvalue weighted by Crippen LogP contribution is -2.14. The Morgan fingerprint density at radius 2 is 1.93 bits per heavy atom. The Hall–Kier alpha value is -3.37. The predicted octanol–water partition coefficient (Wildman–Crippen LogP) is 4.44. The van der Waals surface area contributed by atoms with Crippen LogP contribution in [0.3, 0.4) is 0 Å². The van der Waals surface area contributed by atoms with Gasteiger partial charge in [0, 0.05) is 22.7 Å². The smallest absolute Gasteiger partial charge is 0.234 e. The van der Waals surface area contributed by atoms with E-state index in [-0.39, 0.29) is 17.4 Å². The van der Waals surface area contributed by atoms with Gasteiger partial charge in [-0.05, 0) is 56.3 Å². The van der Waals surface area contributed by atoms with Crippen molar-refractivity contribution in [3.63, 3.8) is 0 Å². The summed E-state index contributed by atoms with van der Waals surface area (Å²) < 4.78 is 5.50. The van der Waals surface area contributed by atoms with Gasteiger partial charge in [-0.2, -0.15) is 5.26 Å². The van der Waals surface area contributed by atoms with E-state index in [2.05, 4.69) is 16.4 Å². The van der Waals surface area contributed by atoms with Crippen LogP contribution in [0, 0.1) is 11.3 Å². The molecule has 6 nitrogen and oxygen atoms in total. The molecule has 7 heteroatoms. The van der Waals surface area contributed by atoms with Crippen LogP contribution < -0.4 is 10.1 Å². The molecule has 0 fully saturated rings. The first kappa shape index (κ1) is 20.4. The number of pyridine rings is 1. The van der Waals surface area contributed by atoms with Gasteiger partial charge in [0.05, 0.1) is 23.4 Å². The number of carbonyl (C=O) groups is 2. The third-order valence-corrected chi connectivity index (χ3v) is 5.09. The van der Waals surface area contributed by atoms with E-state index in [4.69, 9.17) is 4.74 Å². The molecule has 2 aromatic carbocycles. The highest BCUT2D eigenvalue weighted by Gasteiger charge is 2.11. The Morgan fingerprint density at radius 1 is 1.17 bits per heavy atom. The van der Waals surface area contributed by atoms with Crippen LogP contribution in [0.2, 0.25) is 0 Å². The second kappa shape index (κ2) is 9.22. The Morgan fingerprint density at radius 3 is 2.59 bits per heavy atom. The van der Waals surface area contributed by atoms with Gasteiger partial charge in [0.25, 0.3) is 0 Å². The summed E-state index contributed by atoms with van der Waals surface area (Å²) in [7, 11) is 0. The van der Waals surface area contributed by atoms with Gasteiger partial charge in [-0.3, -0.25) is 9.59 Å². The van der Waals surface area contributed by atoms with Crippen LogP contribution in [0.4, 0.5) is 5.69 Å². The van der Waals surface area contributed by atoms with Gasteiger partial charge in [-0.15, -0.1) is 0 Å². The van der Waals surface area contributed by atoms with Crippen molar-refractivity contribution in [2.24, 2.45) is 0 Å². The minimum atomic E-state index is -0.223. The van der Waals surface area contributed by atoms with Crippen LogP contribution in [-0.2, 0) is 4.79 Å². The summed E-state index contributed by atoms with van der Waals surface area (Å²) in [5.74, 6) is 0.559. The van der Waals surface area contributed by atoms with E-state index in [1.165, 1.54) is 18.7 Å². The van der Waals surface area contributed by atoms with Crippen LogP contribution in [0.5, 0.6) is 5.75 Å². The fourth-order valence-corrected chi connectivity index (χ4v) is 3.46. The predicted molar refractivity (Wildman–Crippen MR) is 113 cm³/mol. The van der Waals surface area contributed by atoms with Crippen LogP contribution in [0.15, 0.2) is 53.6 Å². The molecular weight excluding hydrogens is 386 g/mol. The van der Waals surface area contributed by atoms with Crippen molar-refractivity contribution >= 4 is 40.0 Å². The lowest BCUT2D eigenvalue weighted by Gasteiger charge is -2.09. The highest BCUT2D eigenvalue weighted by molar-refractivity contribution is 8.00. The molecule has 0 atom stereocenters. The number of nitrogens with zero attached hydrogens (tertiary/aromatic N) is 2. The van der Waals surface area contributed by atoms with E-state index >= 15 is 0 Å². The minimum absolute atomic E-state index is 0.0302. The number of Topliss-reactive ketones (excluding diaryl/α,β-unsaturated/α-hetero) is 1. The normalized spacial score (nSPS) is 10.4. The van der Waals surface area contributed by atoms with Gasteiger partial charge in [0.1, 0.15) is 16.8 Å². The number of nitriles is 1. The molecule has 3 aromatic rings. The molecule has 3 rings (SSSR count). The molecule has 1 N–H and O–H groups in total. The van der Waals surface area contributed by atoms with E-state index in [1.807, 2.05) is 25.1 Å². The number of rotatable bonds is 7. The van der Waals surface area contributed by atoms with Crippen molar-refractivity contribution < 1.29 is 14.3 Å². The molecule has 1 amide bonds. The number of nitrogens with one attached hydrogen (secondary N) is 1. The van der Waals surface area contributed by atoms with Crippen molar-refractivity contribution in [1.29, 1.82) is 5.26 Å². The third kappa shape index (κ3) is 5.12. The first-order valence-electron chi connectivity index (χ1n) is 9.01. The Kier molecular flexibility index (Phi) is 6.47. The Bertz CT molecular complexity index is 1100. The monoisotopic (exact) mass is 405 g/mol. The number of aromatic nitrogens is 1. The van der Waals surface area contributed by atoms with Crippen LogP contribution in [-0.4, -0.2) is 29.0 Å². The quantitative estimate of drug-likeness (QED) is 0.461. The van der Waals surface area contributed by atoms with Crippen LogP contribution in [0.1, 0.15) is 29.8 Å². The highest BCUT2D eigenvalue weighted by Crippen LogP contribution is 2.27. The van der Waals surface area contributed by atoms with Gasteiger partial charge >= 0.3 is 0 Å². The first-order chi connectivity index (χ1) is 14.0. The van der Waals surface area contributed by atoms with E-state index < -0.39 is 0 Å². The molecule has 1 aromatic heterocycles. The number of thioether (sulfide) groups is 1. The summed E-state index contributed by atoms with van der Waals surface area (Å²) in [5, 5.41) is 13.5. The number of fused-ring (bicyclic) bond motifs is 1. The number of anilines is 1. The maximum Gasteiger partial charge on any atom is 0.234 e. The number of ketones is 1. The summed E-state index contributed by atoms with van der Waals surface area (Å²) in [5.41, 5.74) is 2.32. The van der Waals surface area contributed by atoms with Crippen molar-refractivity contribution in [3.05, 3.63) is 59.7 Å². The SMILES string of the molecule is CCOc1ccc2cc(C#N)c(SCC(=O)Nc3ccc(C(C)=O)cc3)nc2c1. The largest absolute Gasteiger partial charge is 0.494 e. The molecule has 1 heterocycles. The number of amides is 1. The number of benzene rings is 2. The lowest BCUT2D eigenvalue weighted by atomic mass is 10.1. The molecule has 0 bridgehead atoms. The standard InChI is InChI=1S/C22H19N3O3S/c1-3-28-19-9-6-16-10-17(12-23)22(25-20(16)11-19)29-13-21(27)24-18-7-4-15(5-8-18)14(2)26/h4-11H,3,13H2,1-2H3,(H,24,27). The number of ether oxygens (including phenoxy) is 1. The molecule has 29 heavy (non-hydrogen) atoms. The summed E-state index contributed by atoms with van der Waals surface area (Å²) in [6.07, 6.45) is 0. The fraction of sp³-hybridized carbons (Fsp3) is 0.182. The molecular formula is C22H19N3O3S. The molecule has 0 unspecified atom stereocenters. The van der Waals surface area contributed by atoms with Crippen molar-refractivity contribution in [2.75, 3.05) is 17.7 Å². The van der Waals surface area contributed by atoms with Gasteiger partial charge < -0.3 is 10.1 Å². The molecule has 0 aliphatic rings. The molecule has 0 spiro atoms. The number of carbonyl (C=O) groups excluding carboxylic acids is 2. The lowest BCUT2D eigenvalue weighted by molar-refractivity contribution is -0.113. The maximum atomic E-state index is 12.3. The zero-order chi connectivity index (χ0) is 20.8. The number of hydrogen-bond donors (Lipinski definition) is 1. The summed E-state index contributed by atoms with van der Waals surface area (Å²) in [4.78, 5) is 28.1. The van der Waals surface area contributed by atoms with Crippen molar-refractivity contribution in [3.8, 4) is 11.8 Å². The first-order valence-corrected chi connectivity index (χ1v) is 10.00. The second-order valence-corrected chi connectivity index (χ2v) is 7.17. The summed E-state index contributed by atoms with van der Waals surface area (Å²) >= 11 is 1.20. The third-order valence-electron chi connectivity index (χ3n) is 4.10. The van der Waals surface area contributed by atoms with Gasteiger partial charge in [-0.25, -0.2) is 4.98 Å². The Balaban J connectivity index is 1.72.